The van der Waals surface area contributed by atoms with Gasteiger partial charge in [-0.2, -0.15) is 0 Å². The van der Waals surface area contributed by atoms with Gasteiger partial charge in [-0.25, -0.2) is 0 Å². The highest BCUT2D eigenvalue weighted by Gasteiger charge is 2.24. The first kappa shape index (κ1) is 13.5. The SMILES string of the molecule is CC(=O)N1CC(C)CN(C(C)C)CC(C)C1. The lowest BCUT2D eigenvalue weighted by molar-refractivity contribution is -0.130. The van der Waals surface area contributed by atoms with Gasteiger partial charge in [-0.15, -0.1) is 0 Å². The molecule has 0 saturated carbocycles. The van der Waals surface area contributed by atoms with Gasteiger partial charge < -0.3 is 9.80 Å². The predicted octanol–water partition coefficient (Wildman–Crippen LogP) is 1.83. The molecule has 0 aromatic heterocycles. The maximum atomic E-state index is 11.5. The Morgan fingerprint density at radius 2 is 1.50 bits per heavy atom. The van der Waals surface area contributed by atoms with Gasteiger partial charge in [0.2, 0.25) is 5.91 Å². The number of nitrogens with zero attached hydrogens (tertiary/aromatic N) is 2. The zero-order chi connectivity index (χ0) is 12.3. The van der Waals surface area contributed by atoms with E-state index >= 15 is 0 Å². The first-order valence-electron chi connectivity index (χ1n) is 6.39. The van der Waals surface area contributed by atoms with Crippen LogP contribution >= 0.6 is 0 Å². The van der Waals surface area contributed by atoms with Crippen molar-refractivity contribution in [1.82, 2.24) is 9.80 Å². The van der Waals surface area contributed by atoms with Gasteiger partial charge in [0.05, 0.1) is 0 Å². The van der Waals surface area contributed by atoms with Crippen LogP contribution in [-0.2, 0) is 4.79 Å². The summed E-state index contributed by atoms with van der Waals surface area (Å²) in [5.41, 5.74) is 0. The molecule has 0 aromatic carbocycles. The van der Waals surface area contributed by atoms with E-state index in [4.69, 9.17) is 0 Å². The fourth-order valence-electron chi connectivity index (χ4n) is 2.50. The Bertz CT molecular complexity index is 226. The minimum absolute atomic E-state index is 0.219. The van der Waals surface area contributed by atoms with E-state index in [0.29, 0.717) is 17.9 Å². The van der Waals surface area contributed by atoms with Crippen LogP contribution in [0, 0.1) is 11.8 Å². The quantitative estimate of drug-likeness (QED) is 0.681. The third-order valence-electron chi connectivity index (χ3n) is 3.33. The maximum Gasteiger partial charge on any atom is 0.219 e. The summed E-state index contributed by atoms with van der Waals surface area (Å²) in [7, 11) is 0. The number of hydrogen-bond acceptors (Lipinski definition) is 2. The van der Waals surface area contributed by atoms with Gasteiger partial charge in [0, 0.05) is 39.1 Å². The fourth-order valence-corrected chi connectivity index (χ4v) is 2.50. The van der Waals surface area contributed by atoms with Gasteiger partial charge in [-0.3, -0.25) is 4.79 Å². The molecule has 1 aliphatic rings. The number of amides is 1. The molecular weight excluding hydrogens is 200 g/mol. The molecule has 1 rings (SSSR count). The summed E-state index contributed by atoms with van der Waals surface area (Å²) >= 11 is 0. The average Bonchev–Trinajstić information content (AvgIpc) is 2.12. The molecule has 2 unspecified atom stereocenters. The van der Waals surface area contributed by atoms with Crippen LogP contribution in [0.15, 0.2) is 0 Å². The molecule has 16 heavy (non-hydrogen) atoms. The van der Waals surface area contributed by atoms with Gasteiger partial charge in [-0.1, -0.05) is 13.8 Å². The minimum atomic E-state index is 0.219. The Labute approximate surface area is 99.8 Å². The van der Waals surface area contributed by atoms with E-state index in [1.807, 2.05) is 4.90 Å². The standard InChI is InChI=1S/C13H26N2O/c1-10(2)14-6-11(3)8-15(13(5)16)9-12(4)7-14/h10-12H,6-9H2,1-5H3. The first-order chi connectivity index (χ1) is 7.40. The Hall–Kier alpha value is -0.570. The van der Waals surface area contributed by atoms with Crippen molar-refractivity contribution in [2.75, 3.05) is 26.2 Å². The second kappa shape index (κ2) is 5.67. The zero-order valence-corrected chi connectivity index (χ0v) is 11.4. The van der Waals surface area contributed by atoms with Crippen molar-refractivity contribution in [3.8, 4) is 0 Å². The molecule has 1 aliphatic heterocycles. The predicted molar refractivity (Wildman–Crippen MR) is 67.3 cm³/mol. The normalized spacial score (nSPS) is 29.0. The van der Waals surface area contributed by atoms with Crippen molar-refractivity contribution in [3.05, 3.63) is 0 Å². The molecule has 1 amide bonds. The Kier molecular flexibility index (Phi) is 4.78. The summed E-state index contributed by atoms with van der Waals surface area (Å²) in [5, 5.41) is 0. The number of carbonyl (C=O) groups is 1. The Morgan fingerprint density at radius 1 is 1.06 bits per heavy atom. The summed E-state index contributed by atoms with van der Waals surface area (Å²) in [4.78, 5) is 16.0. The van der Waals surface area contributed by atoms with Crippen molar-refractivity contribution in [1.29, 1.82) is 0 Å². The lowest BCUT2D eigenvalue weighted by Gasteiger charge is -2.38. The van der Waals surface area contributed by atoms with Crippen LogP contribution in [0.1, 0.15) is 34.6 Å². The van der Waals surface area contributed by atoms with E-state index in [1.165, 1.54) is 0 Å². The van der Waals surface area contributed by atoms with Crippen molar-refractivity contribution in [2.45, 2.75) is 40.7 Å². The molecule has 0 bridgehead atoms. The van der Waals surface area contributed by atoms with Crippen molar-refractivity contribution in [2.24, 2.45) is 11.8 Å². The molecule has 1 heterocycles. The molecule has 3 nitrogen and oxygen atoms in total. The lowest BCUT2D eigenvalue weighted by atomic mass is 10.0. The van der Waals surface area contributed by atoms with Crippen molar-refractivity contribution in [3.63, 3.8) is 0 Å². The van der Waals surface area contributed by atoms with E-state index in [1.54, 1.807) is 6.92 Å². The fraction of sp³-hybridized carbons (Fsp3) is 0.923. The van der Waals surface area contributed by atoms with Crippen LogP contribution in [0.3, 0.4) is 0 Å². The molecular formula is C13H26N2O. The van der Waals surface area contributed by atoms with Crippen molar-refractivity contribution < 1.29 is 4.79 Å². The average molecular weight is 226 g/mol. The highest BCUT2D eigenvalue weighted by molar-refractivity contribution is 5.73. The van der Waals surface area contributed by atoms with Crippen LogP contribution < -0.4 is 0 Å². The van der Waals surface area contributed by atoms with E-state index < -0.39 is 0 Å². The van der Waals surface area contributed by atoms with Gasteiger partial charge in [0.15, 0.2) is 0 Å². The number of carbonyl (C=O) groups excluding carboxylic acids is 1. The monoisotopic (exact) mass is 226 g/mol. The Morgan fingerprint density at radius 3 is 1.81 bits per heavy atom. The minimum Gasteiger partial charge on any atom is -0.342 e. The summed E-state index contributed by atoms with van der Waals surface area (Å²) in [5.74, 6) is 1.36. The van der Waals surface area contributed by atoms with Crippen LogP contribution in [0.2, 0.25) is 0 Å². The highest BCUT2D eigenvalue weighted by atomic mass is 16.2. The molecule has 2 atom stereocenters. The molecule has 0 aromatic rings. The summed E-state index contributed by atoms with van der Waals surface area (Å²) in [6, 6.07) is 0.605. The van der Waals surface area contributed by atoms with Crippen LogP contribution in [-0.4, -0.2) is 47.9 Å². The first-order valence-corrected chi connectivity index (χ1v) is 6.39. The van der Waals surface area contributed by atoms with Gasteiger partial charge in [-0.05, 0) is 25.7 Å². The third kappa shape index (κ3) is 3.78. The van der Waals surface area contributed by atoms with Gasteiger partial charge in [0.1, 0.15) is 0 Å². The number of rotatable bonds is 1. The third-order valence-corrected chi connectivity index (χ3v) is 3.33. The van der Waals surface area contributed by atoms with Crippen LogP contribution in [0.4, 0.5) is 0 Å². The summed E-state index contributed by atoms with van der Waals surface area (Å²) in [6.45, 7) is 14.7. The summed E-state index contributed by atoms with van der Waals surface area (Å²) < 4.78 is 0. The molecule has 0 radical (unpaired) electrons. The lowest BCUT2D eigenvalue weighted by Crippen LogP contribution is -2.48. The zero-order valence-electron chi connectivity index (χ0n) is 11.4. The molecule has 0 spiro atoms. The molecule has 0 N–H and O–H groups in total. The largest absolute Gasteiger partial charge is 0.342 e. The molecule has 0 aliphatic carbocycles. The van der Waals surface area contributed by atoms with E-state index in [2.05, 4.69) is 32.6 Å². The second-order valence-electron chi connectivity index (χ2n) is 5.68. The molecule has 94 valence electrons. The van der Waals surface area contributed by atoms with E-state index in [0.717, 1.165) is 26.2 Å². The molecule has 3 heteroatoms. The van der Waals surface area contributed by atoms with E-state index in [9.17, 15) is 4.79 Å². The van der Waals surface area contributed by atoms with E-state index in [-0.39, 0.29) is 5.91 Å². The maximum absolute atomic E-state index is 11.5. The van der Waals surface area contributed by atoms with Gasteiger partial charge in [0.25, 0.3) is 0 Å². The van der Waals surface area contributed by atoms with Crippen LogP contribution in [0.25, 0.3) is 0 Å². The molecule has 1 fully saturated rings. The molecule has 1 saturated heterocycles. The smallest absolute Gasteiger partial charge is 0.219 e. The number of hydrogen-bond donors (Lipinski definition) is 0. The summed E-state index contributed by atoms with van der Waals surface area (Å²) in [6.07, 6.45) is 0. The van der Waals surface area contributed by atoms with Crippen LogP contribution in [0.5, 0.6) is 0 Å². The highest BCUT2D eigenvalue weighted by Crippen LogP contribution is 2.15. The topological polar surface area (TPSA) is 23.6 Å². The second-order valence-corrected chi connectivity index (χ2v) is 5.68. The van der Waals surface area contributed by atoms with Gasteiger partial charge >= 0.3 is 0 Å². The van der Waals surface area contributed by atoms with Crippen molar-refractivity contribution >= 4 is 5.91 Å². The Balaban J connectivity index is 2.66.